The molecule has 29 heavy (non-hydrogen) atoms. The molecule has 0 aliphatic heterocycles. The molecule has 2 aromatic rings. The molecular formula is C22H25ClO6. The summed E-state index contributed by atoms with van der Waals surface area (Å²) >= 11 is 6.35. The molecule has 1 saturated carbocycles. The number of carbonyl (C=O) groups is 1. The molecule has 3 rings (SSSR count). The van der Waals surface area contributed by atoms with Crippen LogP contribution in [0.3, 0.4) is 0 Å². The van der Waals surface area contributed by atoms with Crippen molar-refractivity contribution in [3.63, 3.8) is 0 Å². The Morgan fingerprint density at radius 2 is 1.69 bits per heavy atom. The Hall–Kier alpha value is -1.96. The Bertz CT molecular complexity index is 853. The van der Waals surface area contributed by atoms with Crippen molar-refractivity contribution < 1.29 is 30.0 Å². The van der Waals surface area contributed by atoms with E-state index in [-0.39, 0.29) is 0 Å². The molecule has 4 unspecified atom stereocenters. The number of carbonyl (C=O) groups excluding carboxylic acids is 1. The van der Waals surface area contributed by atoms with Crippen molar-refractivity contribution in [1.29, 1.82) is 0 Å². The number of ketones is 1. The van der Waals surface area contributed by atoms with Crippen LogP contribution < -0.4 is 4.74 Å². The first-order chi connectivity index (χ1) is 13.9. The summed E-state index contributed by atoms with van der Waals surface area (Å²) in [6, 6.07) is 12.6. The molecule has 0 saturated heterocycles. The lowest BCUT2D eigenvalue weighted by Crippen LogP contribution is -2.56. The molecule has 6 nitrogen and oxygen atoms in total. The third-order valence-electron chi connectivity index (χ3n) is 5.38. The zero-order valence-electron chi connectivity index (χ0n) is 16.0. The van der Waals surface area contributed by atoms with E-state index in [0.717, 1.165) is 16.9 Å². The van der Waals surface area contributed by atoms with Crippen LogP contribution in [0.1, 0.15) is 29.5 Å². The van der Waals surface area contributed by atoms with E-state index >= 15 is 0 Å². The fourth-order valence-corrected chi connectivity index (χ4v) is 3.96. The number of ether oxygens (including phenoxy) is 1. The summed E-state index contributed by atoms with van der Waals surface area (Å²) in [6.45, 7) is 1.89. The molecule has 0 spiro atoms. The molecule has 0 heterocycles. The van der Waals surface area contributed by atoms with Gasteiger partial charge in [0.1, 0.15) is 11.9 Å². The maximum absolute atomic E-state index is 12.7. The third kappa shape index (κ3) is 4.47. The lowest BCUT2D eigenvalue weighted by molar-refractivity contribution is -0.158. The topological polar surface area (TPSA) is 107 Å². The van der Waals surface area contributed by atoms with E-state index in [1.165, 1.54) is 0 Å². The van der Waals surface area contributed by atoms with Crippen LogP contribution in [0.4, 0.5) is 0 Å². The van der Waals surface area contributed by atoms with Gasteiger partial charge in [0.15, 0.2) is 5.78 Å². The second-order valence-corrected chi connectivity index (χ2v) is 7.65. The van der Waals surface area contributed by atoms with Gasteiger partial charge in [0.05, 0.1) is 37.3 Å². The molecule has 5 atom stereocenters. The van der Waals surface area contributed by atoms with Gasteiger partial charge in [-0.15, -0.1) is 0 Å². The minimum atomic E-state index is -1.53. The van der Waals surface area contributed by atoms with Gasteiger partial charge in [0.2, 0.25) is 0 Å². The third-order valence-corrected chi connectivity index (χ3v) is 5.75. The number of benzene rings is 2. The highest BCUT2D eigenvalue weighted by Gasteiger charge is 2.48. The van der Waals surface area contributed by atoms with Crippen LogP contribution in [0, 0.1) is 5.92 Å². The summed E-state index contributed by atoms with van der Waals surface area (Å²) in [5.74, 6) is -1.94. The van der Waals surface area contributed by atoms with Gasteiger partial charge in [-0.1, -0.05) is 35.9 Å². The van der Waals surface area contributed by atoms with E-state index in [1.807, 2.05) is 31.2 Å². The van der Waals surface area contributed by atoms with Crippen LogP contribution >= 0.6 is 11.6 Å². The smallest absolute Gasteiger partial charge is 0.151 e. The molecular weight excluding hydrogens is 396 g/mol. The van der Waals surface area contributed by atoms with E-state index in [0.29, 0.717) is 23.6 Å². The number of hydrogen-bond donors (Lipinski definition) is 4. The minimum absolute atomic E-state index is 0.484. The molecule has 1 fully saturated rings. The predicted molar refractivity (Wildman–Crippen MR) is 108 cm³/mol. The molecule has 4 N–H and O–H groups in total. The monoisotopic (exact) mass is 420 g/mol. The number of halogens is 1. The fraction of sp³-hybridized carbons (Fsp3) is 0.409. The normalized spacial score (nSPS) is 27.1. The van der Waals surface area contributed by atoms with Crippen LogP contribution in [0.2, 0.25) is 5.02 Å². The van der Waals surface area contributed by atoms with Gasteiger partial charge in [-0.05, 0) is 48.2 Å². The van der Waals surface area contributed by atoms with Crippen molar-refractivity contribution in [3.05, 3.63) is 64.2 Å². The Kier molecular flexibility index (Phi) is 6.93. The van der Waals surface area contributed by atoms with Crippen LogP contribution in [0.25, 0.3) is 0 Å². The van der Waals surface area contributed by atoms with Gasteiger partial charge in [0.25, 0.3) is 0 Å². The van der Waals surface area contributed by atoms with Gasteiger partial charge in [-0.2, -0.15) is 0 Å². The number of Topliss-reactive ketones (excluding diaryl/α,β-unsaturated/α-hetero) is 1. The highest BCUT2D eigenvalue weighted by molar-refractivity contribution is 6.31. The van der Waals surface area contributed by atoms with Crippen molar-refractivity contribution >= 4 is 17.4 Å². The van der Waals surface area contributed by atoms with Crippen LogP contribution in [0.5, 0.6) is 5.75 Å². The van der Waals surface area contributed by atoms with Crippen molar-refractivity contribution in [2.24, 2.45) is 5.92 Å². The van der Waals surface area contributed by atoms with Gasteiger partial charge in [-0.25, -0.2) is 0 Å². The molecule has 0 amide bonds. The summed E-state index contributed by atoms with van der Waals surface area (Å²) < 4.78 is 5.44. The average molecular weight is 421 g/mol. The van der Waals surface area contributed by atoms with Crippen molar-refractivity contribution in [1.82, 2.24) is 0 Å². The Balaban J connectivity index is 1.88. The molecule has 1 aliphatic rings. The fourth-order valence-electron chi connectivity index (χ4n) is 3.78. The SMILES string of the molecule is CCOc1ccc(Cc2cc([C@H]3C(=O)C(CO)C(O)C(O)C3O)ccc2Cl)cc1. The maximum atomic E-state index is 12.7. The first-order valence-electron chi connectivity index (χ1n) is 9.56. The van der Waals surface area contributed by atoms with E-state index in [9.17, 15) is 25.2 Å². The standard InChI is InChI=1S/C22H25ClO6/c1-2-29-15-6-3-12(4-7-15)9-14-10-13(5-8-17(14)23)18-19(25)16(11-24)20(26)22(28)21(18)27/h3-8,10,16,18,20-22,24,26-28H,2,9,11H2,1H3/t16?,18-,20?,21?,22?/m0/s1. The summed E-state index contributed by atoms with van der Waals surface area (Å²) in [5.41, 5.74) is 2.23. The predicted octanol–water partition coefficient (Wildman–Crippen LogP) is 1.69. The second-order valence-electron chi connectivity index (χ2n) is 7.25. The molecule has 156 valence electrons. The van der Waals surface area contributed by atoms with Gasteiger partial charge >= 0.3 is 0 Å². The highest BCUT2D eigenvalue weighted by Crippen LogP contribution is 2.36. The highest BCUT2D eigenvalue weighted by atomic mass is 35.5. The quantitative estimate of drug-likeness (QED) is 0.566. The number of aliphatic hydroxyl groups is 4. The molecule has 0 aromatic heterocycles. The molecule has 7 heteroatoms. The van der Waals surface area contributed by atoms with Gasteiger partial charge < -0.3 is 25.2 Å². The lowest BCUT2D eigenvalue weighted by atomic mass is 9.72. The zero-order valence-corrected chi connectivity index (χ0v) is 16.8. The second kappa shape index (κ2) is 9.24. The average Bonchev–Trinajstić information content (AvgIpc) is 2.71. The Morgan fingerprint density at radius 1 is 1.00 bits per heavy atom. The summed E-state index contributed by atoms with van der Waals surface area (Å²) in [6.07, 6.45) is -4.00. The summed E-state index contributed by atoms with van der Waals surface area (Å²) in [5, 5.41) is 40.5. The molecule has 2 aromatic carbocycles. The minimum Gasteiger partial charge on any atom is -0.494 e. The lowest BCUT2D eigenvalue weighted by Gasteiger charge is -2.39. The number of aliphatic hydroxyl groups excluding tert-OH is 4. The van der Waals surface area contributed by atoms with E-state index in [2.05, 4.69) is 0 Å². The van der Waals surface area contributed by atoms with E-state index in [4.69, 9.17) is 16.3 Å². The molecule has 1 aliphatic carbocycles. The zero-order chi connectivity index (χ0) is 21.1. The molecule has 0 bridgehead atoms. The van der Waals surface area contributed by atoms with E-state index < -0.39 is 42.5 Å². The van der Waals surface area contributed by atoms with Crippen molar-refractivity contribution in [2.45, 2.75) is 37.6 Å². The largest absolute Gasteiger partial charge is 0.494 e. The summed E-state index contributed by atoms with van der Waals surface area (Å²) in [4.78, 5) is 12.7. The van der Waals surface area contributed by atoms with Gasteiger partial charge in [-0.3, -0.25) is 4.79 Å². The molecule has 0 radical (unpaired) electrons. The van der Waals surface area contributed by atoms with Crippen LogP contribution in [-0.2, 0) is 11.2 Å². The van der Waals surface area contributed by atoms with E-state index in [1.54, 1.807) is 18.2 Å². The number of hydrogen-bond acceptors (Lipinski definition) is 6. The first kappa shape index (κ1) is 21.7. The van der Waals surface area contributed by atoms with Crippen LogP contribution in [-0.4, -0.2) is 57.7 Å². The Morgan fingerprint density at radius 3 is 2.31 bits per heavy atom. The van der Waals surface area contributed by atoms with Crippen LogP contribution in [0.15, 0.2) is 42.5 Å². The maximum Gasteiger partial charge on any atom is 0.151 e. The van der Waals surface area contributed by atoms with Gasteiger partial charge in [0, 0.05) is 5.02 Å². The first-order valence-corrected chi connectivity index (χ1v) is 9.94. The Labute approximate surface area is 174 Å². The summed E-state index contributed by atoms with van der Waals surface area (Å²) in [7, 11) is 0. The number of rotatable bonds is 6. The van der Waals surface area contributed by atoms with Crippen molar-refractivity contribution in [3.8, 4) is 5.75 Å². The van der Waals surface area contributed by atoms with Crippen molar-refractivity contribution in [2.75, 3.05) is 13.2 Å².